The van der Waals surface area contributed by atoms with E-state index >= 15 is 0 Å². The topological polar surface area (TPSA) is 75.6 Å². The van der Waals surface area contributed by atoms with Gasteiger partial charge in [-0.3, -0.25) is 5.32 Å². The van der Waals surface area contributed by atoms with Crippen LogP contribution in [0.25, 0.3) is 0 Å². The molecule has 7 heteroatoms. The van der Waals surface area contributed by atoms with Gasteiger partial charge in [0.15, 0.2) is 0 Å². The minimum absolute atomic E-state index is 0.0656. The van der Waals surface area contributed by atoms with E-state index in [1.165, 1.54) is 12.1 Å². The number of rotatable bonds is 4. The van der Waals surface area contributed by atoms with Crippen molar-refractivity contribution in [2.24, 2.45) is 0 Å². The lowest BCUT2D eigenvalue weighted by Gasteiger charge is -2.10. The van der Waals surface area contributed by atoms with E-state index in [4.69, 9.17) is 5.11 Å². The molecule has 0 aromatic heterocycles. The summed E-state index contributed by atoms with van der Waals surface area (Å²) >= 11 is 2.97. The second kappa shape index (κ2) is 6.15. The van der Waals surface area contributed by atoms with Gasteiger partial charge >= 0.3 is 12.1 Å². The van der Waals surface area contributed by atoms with Crippen LogP contribution in [-0.2, 0) is 4.74 Å². The highest BCUT2D eigenvalue weighted by Crippen LogP contribution is 2.28. The molecule has 0 spiro atoms. The molecule has 1 aromatic carbocycles. The summed E-state index contributed by atoms with van der Waals surface area (Å²) in [6.45, 7) is 3.27. The number of nitrogens with one attached hydrogen (secondary N) is 1. The Bertz CT molecular complexity index is 504. The van der Waals surface area contributed by atoms with Crippen LogP contribution in [0.2, 0.25) is 0 Å². The second-order valence-corrected chi connectivity index (χ2v) is 3.95. The van der Waals surface area contributed by atoms with Crippen molar-refractivity contribution in [2.75, 3.05) is 11.9 Å². The smallest absolute Gasteiger partial charge is 0.412 e. The van der Waals surface area contributed by atoms with Gasteiger partial charge in [-0.1, -0.05) is 12.7 Å². The molecule has 0 saturated heterocycles. The van der Waals surface area contributed by atoms with Gasteiger partial charge in [0.1, 0.15) is 18.0 Å². The molecule has 0 aliphatic carbocycles. The lowest BCUT2D eigenvalue weighted by molar-refractivity contribution is 0.0696. The zero-order valence-electron chi connectivity index (χ0n) is 9.07. The van der Waals surface area contributed by atoms with Crippen LogP contribution in [0.3, 0.4) is 0 Å². The quantitative estimate of drug-likeness (QED) is 0.837. The predicted octanol–water partition coefficient (Wildman–Crippen LogP) is 3.02. The average molecular weight is 318 g/mol. The molecule has 0 heterocycles. The molecule has 0 aliphatic heterocycles. The Labute approximate surface area is 110 Å². The van der Waals surface area contributed by atoms with Crippen LogP contribution in [-0.4, -0.2) is 23.8 Å². The highest BCUT2D eigenvalue weighted by molar-refractivity contribution is 9.10. The number of hydrogen-bond acceptors (Lipinski definition) is 3. The summed E-state index contributed by atoms with van der Waals surface area (Å²) in [6, 6.07) is 2.26. The molecule has 0 bridgehead atoms. The van der Waals surface area contributed by atoms with Crippen LogP contribution in [0.15, 0.2) is 29.3 Å². The molecule has 1 amide bonds. The third-order valence-corrected chi connectivity index (χ3v) is 2.54. The Hall–Kier alpha value is -1.89. The monoisotopic (exact) mass is 317 g/mol. The van der Waals surface area contributed by atoms with E-state index in [1.807, 2.05) is 5.32 Å². The zero-order chi connectivity index (χ0) is 13.7. The molecule has 1 rings (SSSR count). The maximum atomic E-state index is 13.5. The van der Waals surface area contributed by atoms with Crippen molar-refractivity contribution in [3.63, 3.8) is 0 Å². The molecule has 0 atom stereocenters. The summed E-state index contributed by atoms with van der Waals surface area (Å²) < 4.78 is 18.2. The minimum Gasteiger partial charge on any atom is -0.478 e. The number of halogens is 2. The number of anilines is 1. The van der Waals surface area contributed by atoms with Gasteiger partial charge in [0.25, 0.3) is 0 Å². The predicted molar refractivity (Wildman–Crippen MR) is 66.2 cm³/mol. The number of carbonyl (C=O) groups is 2. The van der Waals surface area contributed by atoms with Crippen LogP contribution in [0.5, 0.6) is 0 Å². The summed E-state index contributed by atoms with van der Waals surface area (Å²) in [4.78, 5) is 22.2. The van der Waals surface area contributed by atoms with Crippen LogP contribution >= 0.6 is 15.9 Å². The molecule has 5 nitrogen and oxygen atoms in total. The molecule has 1 aromatic rings. The van der Waals surface area contributed by atoms with Gasteiger partial charge in [0.05, 0.1) is 5.69 Å². The molecule has 0 radical (unpaired) electrons. The van der Waals surface area contributed by atoms with E-state index in [-0.39, 0.29) is 16.6 Å². The number of carboxylic acid groups (broad SMARTS) is 1. The van der Waals surface area contributed by atoms with E-state index in [9.17, 15) is 14.0 Å². The Morgan fingerprint density at radius 1 is 1.56 bits per heavy atom. The van der Waals surface area contributed by atoms with Crippen molar-refractivity contribution < 1.29 is 23.8 Å². The fraction of sp³-hybridized carbons (Fsp3) is 0.0909. The molecule has 18 heavy (non-hydrogen) atoms. The number of benzene rings is 1. The molecular formula is C11H9BrFNO4. The number of carboxylic acids is 1. The summed E-state index contributed by atoms with van der Waals surface area (Å²) in [5.41, 5.74) is -0.837. The molecular weight excluding hydrogens is 309 g/mol. The normalized spacial score (nSPS) is 9.67. The highest BCUT2D eigenvalue weighted by Gasteiger charge is 2.20. The van der Waals surface area contributed by atoms with Gasteiger partial charge in [0, 0.05) is 4.47 Å². The minimum atomic E-state index is -1.37. The van der Waals surface area contributed by atoms with Crippen molar-refractivity contribution in [3.8, 4) is 0 Å². The van der Waals surface area contributed by atoms with E-state index in [2.05, 4.69) is 27.2 Å². The molecule has 2 N–H and O–H groups in total. The van der Waals surface area contributed by atoms with E-state index in [0.717, 1.165) is 6.07 Å². The molecule has 96 valence electrons. The molecule has 0 unspecified atom stereocenters. The number of carbonyl (C=O) groups excluding carboxylic acids is 1. The lowest BCUT2D eigenvalue weighted by Crippen LogP contribution is -2.17. The maximum Gasteiger partial charge on any atom is 0.412 e. The Kier molecular flexibility index (Phi) is 4.85. The van der Waals surface area contributed by atoms with Crippen molar-refractivity contribution in [1.82, 2.24) is 0 Å². The summed E-state index contributed by atoms with van der Waals surface area (Å²) in [5, 5.41) is 11.0. The Morgan fingerprint density at radius 3 is 2.78 bits per heavy atom. The first-order valence-electron chi connectivity index (χ1n) is 4.73. The lowest BCUT2D eigenvalue weighted by atomic mass is 10.1. The number of amides is 1. The number of hydrogen-bond donors (Lipinski definition) is 2. The third-order valence-electron chi connectivity index (χ3n) is 1.88. The van der Waals surface area contributed by atoms with Gasteiger partial charge in [-0.2, -0.15) is 0 Å². The van der Waals surface area contributed by atoms with Crippen molar-refractivity contribution >= 4 is 33.7 Å². The summed E-state index contributed by atoms with van der Waals surface area (Å²) in [7, 11) is 0. The van der Waals surface area contributed by atoms with Crippen molar-refractivity contribution in [2.45, 2.75) is 0 Å². The average Bonchev–Trinajstić information content (AvgIpc) is 2.30. The molecule has 0 saturated carbocycles. The van der Waals surface area contributed by atoms with Crippen molar-refractivity contribution in [3.05, 3.63) is 40.6 Å². The second-order valence-electron chi connectivity index (χ2n) is 3.10. The summed E-state index contributed by atoms with van der Waals surface area (Å²) in [6.07, 6.45) is 0.365. The van der Waals surface area contributed by atoms with Crippen LogP contribution in [0.4, 0.5) is 14.9 Å². The first-order chi connectivity index (χ1) is 8.47. The van der Waals surface area contributed by atoms with Gasteiger partial charge in [-0.25, -0.2) is 14.0 Å². The largest absolute Gasteiger partial charge is 0.478 e. The van der Waals surface area contributed by atoms with Crippen molar-refractivity contribution in [1.29, 1.82) is 0 Å². The maximum absolute atomic E-state index is 13.5. The van der Waals surface area contributed by atoms with Gasteiger partial charge in [-0.15, -0.1) is 0 Å². The molecule has 0 fully saturated rings. The Morgan fingerprint density at radius 2 is 2.22 bits per heavy atom. The van der Waals surface area contributed by atoms with Crippen LogP contribution < -0.4 is 5.32 Å². The third kappa shape index (κ3) is 3.30. The van der Waals surface area contributed by atoms with Gasteiger partial charge < -0.3 is 9.84 Å². The van der Waals surface area contributed by atoms with E-state index in [0.29, 0.717) is 0 Å². The summed E-state index contributed by atoms with van der Waals surface area (Å²) in [5.74, 6) is -2.24. The Balaban J connectivity index is 3.07. The first-order valence-corrected chi connectivity index (χ1v) is 5.52. The fourth-order valence-corrected chi connectivity index (χ4v) is 1.66. The SMILES string of the molecule is C=CCOC(=O)Nc1c(F)ccc(Br)c1C(=O)O. The zero-order valence-corrected chi connectivity index (χ0v) is 10.7. The van der Waals surface area contributed by atoms with Gasteiger partial charge in [-0.05, 0) is 28.1 Å². The fourth-order valence-electron chi connectivity index (χ4n) is 1.16. The molecule has 0 aliphatic rings. The van der Waals surface area contributed by atoms with E-state index < -0.39 is 23.6 Å². The van der Waals surface area contributed by atoms with Gasteiger partial charge in [0.2, 0.25) is 0 Å². The number of ether oxygens (including phenoxy) is 1. The standard InChI is InChI=1S/C11H9BrFNO4/c1-2-5-18-11(17)14-9-7(13)4-3-6(12)8(9)10(15)16/h2-4H,1,5H2,(H,14,17)(H,15,16). The van der Waals surface area contributed by atoms with E-state index in [1.54, 1.807) is 0 Å². The first kappa shape index (κ1) is 14.2. The van der Waals surface area contributed by atoms with Crippen LogP contribution in [0, 0.1) is 5.82 Å². The number of aromatic carboxylic acids is 1. The van der Waals surface area contributed by atoms with Crippen LogP contribution in [0.1, 0.15) is 10.4 Å². The highest BCUT2D eigenvalue weighted by atomic mass is 79.9.